The van der Waals surface area contributed by atoms with Crippen LogP contribution in [-0.2, 0) is 22.4 Å². The molecule has 1 N–H and O–H groups in total. The molecule has 3 rings (SSSR count). The van der Waals surface area contributed by atoms with Crippen LogP contribution in [0.2, 0.25) is 0 Å². The zero-order chi connectivity index (χ0) is 25.1. The van der Waals surface area contributed by atoms with Crippen LogP contribution in [-0.4, -0.2) is 41.6 Å². The van der Waals surface area contributed by atoms with Crippen molar-refractivity contribution in [3.8, 4) is 0 Å². The highest BCUT2D eigenvalue weighted by atomic mass is 16.6. The Balaban J connectivity index is 1.49. The van der Waals surface area contributed by atoms with Crippen LogP contribution in [0.4, 0.5) is 4.79 Å². The SMILES string of the molecule is CC(C)(C)OC(=O)N1CCC(C(=O)NC(CCCc2ccccc2)CCCc2ccccc2)CC1. The van der Waals surface area contributed by atoms with Gasteiger partial charge in [-0.05, 0) is 83.3 Å². The number of piperidine rings is 1. The zero-order valence-corrected chi connectivity index (χ0v) is 21.7. The third kappa shape index (κ3) is 9.75. The van der Waals surface area contributed by atoms with Crippen molar-refractivity contribution in [2.24, 2.45) is 5.92 Å². The first-order valence-corrected chi connectivity index (χ1v) is 13.2. The molecule has 0 atom stereocenters. The number of nitrogens with one attached hydrogen (secondary N) is 1. The van der Waals surface area contributed by atoms with Gasteiger partial charge in [0.25, 0.3) is 0 Å². The van der Waals surface area contributed by atoms with E-state index in [0.717, 1.165) is 38.5 Å². The number of carbonyl (C=O) groups excluding carboxylic acids is 2. The second-order valence-corrected chi connectivity index (χ2v) is 10.7. The van der Waals surface area contributed by atoms with E-state index in [-0.39, 0.29) is 24.0 Å². The van der Waals surface area contributed by atoms with Gasteiger partial charge in [-0.25, -0.2) is 4.79 Å². The molecule has 1 saturated heterocycles. The summed E-state index contributed by atoms with van der Waals surface area (Å²) in [5, 5.41) is 3.37. The monoisotopic (exact) mass is 478 g/mol. The molecule has 2 aromatic rings. The van der Waals surface area contributed by atoms with Crippen molar-refractivity contribution in [1.82, 2.24) is 10.2 Å². The lowest BCUT2D eigenvalue weighted by Crippen LogP contribution is -2.46. The van der Waals surface area contributed by atoms with Crippen LogP contribution < -0.4 is 5.32 Å². The second kappa shape index (κ2) is 13.3. The van der Waals surface area contributed by atoms with Crippen LogP contribution in [0.5, 0.6) is 0 Å². The average molecular weight is 479 g/mol. The fraction of sp³-hybridized carbons (Fsp3) is 0.533. The van der Waals surface area contributed by atoms with E-state index in [2.05, 4.69) is 53.8 Å². The van der Waals surface area contributed by atoms with E-state index < -0.39 is 5.60 Å². The van der Waals surface area contributed by atoms with Crippen molar-refractivity contribution in [2.45, 2.75) is 83.8 Å². The molecular weight excluding hydrogens is 436 g/mol. The van der Waals surface area contributed by atoms with Gasteiger partial charge in [0.15, 0.2) is 0 Å². The van der Waals surface area contributed by atoms with Crippen molar-refractivity contribution >= 4 is 12.0 Å². The Morgan fingerprint density at radius 3 is 1.83 bits per heavy atom. The molecule has 1 aliphatic rings. The lowest BCUT2D eigenvalue weighted by molar-refractivity contribution is -0.127. The maximum atomic E-state index is 13.1. The Kier molecular flexibility index (Phi) is 10.2. The second-order valence-electron chi connectivity index (χ2n) is 10.7. The summed E-state index contributed by atoms with van der Waals surface area (Å²) < 4.78 is 5.49. The predicted octanol–water partition coefficient (Wildman–Crippen LogP) is 6.16. The maximum Gasteiger partial charge on any atom is 0.410 e. The van der Waals surface area contributed by atoms with Gasteiger partial charge in [0, 0.05) is 25.0 Å². The number of hydrogen-bond acceptors (Lipinski definition) is 3. The average Bonchev–Trinajstić information content (AvgIpc) is 2.84. The summed E-state index contributed by atoms with van der Waals surface area (Å²) in [6.07, 6.45) is 7.21. The molecule has 0 saturated carbocycles. The van der Waals surface area contributed by atoms with Crippen molar-refractivity contribution in [3.63, 3.8) is 0 Å². The molecule has 0 spiro atoms. The van der Waals surface area contributed by atoms with Crippen LogP contribution in [0, 0.1) is 5.92 Å². The smallest absolute Gasteiger partial charge is 0.410 e. The van der Waals surface area contributed by atoms with Gasteiger partial charge in [-0.15, -0.1) is 0 Å². The van der Waals surface area contributed by atoms with Crippen LogP contribution in [0.15, 0.2) is 60.7 Å². The summed E-state index contributed by atoms with van der Waals surface area (Å²) in [5.74, 6) is 0.0951. The standard InChI is InChI=1S/C30H42N2O3/c1-30(2,3)35-29(34)32-22-20-26(21-23-32)28(33)31-27(18-10-16-24-12-6-4-7-13-24)19-11-17-25-14-8-5-9-15-25/h4-9,12-15,26-27H,10-11,16-23H2,1-3H3,(H,31,33). The van der Waals surface area contributed by atoms with Gasteiger partial charge in [-0.1, -0.05) is 60.7 Å². The molecule has 0 radical (unpaired) electrons. The molecule has 1 heterocycles. The van der Waals surface area contributed by atoms with Gasteiger partial charge < -0.3 is 15.0 Å². The minimum absolute atomic E-state index is 0.0422. The number of nitrogens with zero attached hydrogens (tertiary/aromatic N) is 1. The van der Waals surface area contributed by atoms with Crippen LogP contribution in [0.25, 0.3) is 0 Å². The van der Waals surface area contributed by atoms with E-state index in [0.29, 0.717) is 25.9 Å². The third-order valence-electron chi connectivity index (χ3n) is 6.59. The van der Waals surface area contributed by atoms with E-state index >= 15 is 0 Å². The molecule has 2 amide bonds. The molecule has 0 aliphatic carbocycles. The summed E-state index contributed by atoms with van der Waals surface area (Å²) in [4.78, 5) is 27.2. The number of aryl methyl sites for hydroxylation is 2. The summed E-state index contributed by atoms with van der Waals surface area (Å²) >= 11 is 0. The summed E-state index contributed by atoms with van der Waals surface area (Å²) in [5.41, 5.74) is 2.19. The van der Waals surface area contributed by atoms with E-state index in [9.17, 15) is 9.59 Å². The zero-order valence-electron chi connectivity index (χ0n) is 21.7. The summed E-state index contributed by atoms with van der Waals surface area (Å²) in [6.45, 7) is 6.77. The van der Waals surface area contributed by atoms with Crippen molar-refractivity contribution in [1.29, 1.82) is 0 Å². The minimum Gasteiger partial charge on any atom is -0.444 e. The van der Waals surface area contributed by atoms with Crippen molar-refractivity contribution < 1.29 is 14.3 Å². The Morgan fingerprint density at radius 2 is 1.37 bits per heavy atom. The molecule has 1 fully saturated rings. The predicted molar refractivity (Wildman–Crippen MR) is 141 cm³/mol. The number of ether oxygens (including phenoxy) is 1. The first-order valence-electron chi connectivity index (χ1n) is 13.2. The quantitative estimate of drug-likeness (QED) is 0.445. The number of amides is 2. The number of benzene rings is 2. The molecule has 190 valence electrons. The molecule has 0 unspecified atom stereocenters. The lowest BCUT2D eigenvalue weighted by atomic mass is 9.94. The first-order chi connectivity index (χ1) is 16.8. The molecule has 2 aromatic carbocycles. The summed E-state index contributed by atoms with van der Waals surface area (Å²) in [7, 11) is 0. The maximum absolute atomic E-state index is 13.1. The highest BCUT2D eigenvalue weighted by Gasteiger charge is 2.30. The van der Waals surface area contributed by atoms with Crippen LogP contribution >= 0.6 is 0 Å². The van der Waals surface area contributed by atoms with Gasteiger partial charge in [0.05, 0.1) is 0 Å². The summed E-state index contributed by atoms with van der Waals surface area (Å²) in [6, 6.07) is 21.3. The number of carbonyl (C=O) groups is 2. The topological polar surface area (TPSA) is 58.6 Å². The van der Waals surface area contributed by atoms with Crippen molar-refractivity contribution in [2.75, 3.05) is 13.1 Å². The van der Waals surface area contributed by atoms with Crippen LogP contribution in [0.1, 0.15) is 70.4 Å². The van der Waals surface area contributed by atoms with Crippen molar-refractivity contribution in [3.05, 3.63) is 71.8 Å². The van der Waals surface area contributed by atoms with Gasteiger partial charge in [-0.3, -0.25) is 4.79 Å². The third-order valence-corrected chi connectivity index (χ3v) is 6.59. The lowest BCUT2D eigenvalue weighted by Gasteiger charge is -2.33. The van der Waals surface area contributed by atoms with Crippen LogP contribution in [0.3, 0.4) is 0 Å². The molecule has 35 heavy (non-hydrogen) atoms. The van der Waals surface area contributed by atoms with E-state index in [1.165, 1.54) is 11.1 Å². The molecule has 0 bridgehead atoms. The van der Waals surface area contributed by atoms with E-state index in [4.69, 9.17) is 4.74 Å². The highest BCUT2D eigenvalue weighted by molar-refractivity contribution is 5.79. The highest BCUT2D eigenvalue weighted by Crippen LogP contribution is 2.21. The fourth-order valence-corrected chi connectivity index (χ4v) is 4.65. The Bertz CT molecular complexity index is 855. The number of rotatable bonds is 10. The fourth-order valence-electron chi connectivity index (χ4n) is 4.65. The molecular formula is C30H42N2O3. The number of hydrogen-bond donors (Lipinski definition) is 1. The van der Waals surface area contributed by atoms with E-state index in [1.54, 1.807) is 4.90 Å². The molecule has 1 aliphatic heterocycles. The molecule has 5 nitrogen and oxygen atoms in total. The normalized spacial score (nSPS) is 14.7. The van der Waals surface area contributed by atoms with Gasteiger partial charge in [-0.2, -0.15) is 0 Å². The van der Waals surface area contributed by atoms with E-state index in [1.807, 2.05) is 32.9 Å². The van der Waals surface area contributed by atoms with Gasteiger partial charge in [0.2, 0.25) is 5.91 Å². The number of likely N-dealkylation sites (tertiary alicyclic amines) is 1. The minimum atomic E-state index is -0.502. The van der Waals surface area contributed by atoms with Gasteiger partial charge >= 0.3 is 6.09 Å². The Hall–Kier alpha value is -2.82. The largest absolute Gasteiger partial charge is 0.444 e. The molecule has 0 aromatic heterocycles. The Morgan fingerprint density at radius 1 is 0.886 bits per heavy atom. The van der Waals surface area contributed by atoms with Gasteiger partial charge in [0.1, 0.15) is 5.60 Å². The Labute approximate surface area is 211 Å². The first kappa shape index (κ1) is 26.8. The molecule has 5 heteroatoms.